The van der Waals surface area contributed by atoms with E-state index < -0.39 is 0 Å². The number of allylic oxidation sites excluding steroid dienone is 2. The number of Topliss-reactive ketones (excluding diaryl/α,β-unsaturated/α-hetero) is 1. The van der Waals surface area contributed by atoms with Gasteiger partial charge in [-0.1, -0.05) is 13.8 Å². The Balaban J connectivity index is 2.95. The van der Waals surface area contributed by atoms with Crippen molar-refractivity contribution < 1.29 is 9.53 Å². The van der Waals surface area contributed by atoms with Gasteiger partial charge in [-0.05, 0) is 6.92 Å². The number of ketones is 1. The van der Waals surface area contributed by atoms with Crippen molar-refractivity contribution in [3.8, 4) is 0 Å². The van der Waals surface area contributed by atoms with Crippen LogP contribution in [0.2, 0.25) is 0 Å². The van der Waals surface area contributed by atoms with E-state index in [9.17, 15) is 4.79 Å². The summed E-state index contributed by atoms with van der Waals surface area (Å²) in [6.07, 6.45) is 0.744. The molecule has 0 fully saturated rings. The van der Waals surface area contributed by atoms with Gasteiger partial charge in [0, 0.05) is 17.4 Å². The maximum Gasteiger partial charge on any atom is 0.167 e. The van der Waals surface area contributed by atoms with Gasteiger partial charge in [0.2, 0.25) is 0 Å². The van der Waals surface area contributed by atoms with Crippen molar-refractivity contribution in [2.24, 2.45) is 5.41 Å². The number of methoxy groups -OCH3 is 1. The minimum absolute atomic E-state index is 0.217. The lowest BCUT2D eigenvalue weighted by Crippen LogP contribution is -2.18. The Labute approximate surface area is 67.2 Å². The Kier molecular flexibility index (Phi) is 1.78. The van der Waals surface area contributed by atoms with Crippen LogP contribution in [0.5, 0.6) is 0 Å². The van der Waals surface area contributed by atoms with E-state index in [0.29, 0.717) is 0 Å². The Morgan fingerprint density at radius 1 is 1.45 bits per heavy atom. The molecule has 1 rings (SSSR count). The Bertz CT molecular complexity index is 224. The molecule has 0 bridgehead atoms. The summed E-state index contributed by atoms with van der Waals surface area (Å²) in [5.74, 6) is 1.06. The topological polar surface area (TPSA) is 26.3 Å². The molecule has 0 amide bonds. The molecule has 0 spiro atoms. The monoisotopic (exact) mass is 154 g/mol. The second-order valence-electron chi connectivity index (χ2n) is 3.64. The quantitative estimate of drug-likeness (QED) is 0.576. The van der Waals surface area contributed by atoms with Gasteiger partial charge in [-0.15, -0.1) is 0 Å². The predicted molar refractivity (Wildman–Crippen MR) is 43.1 cm³/mol. The zero-order valence-electron chi connectivity index (χ0n) is 7.52. The van der Waals surface area contributed by atoms with Gasteiger partial charge in [0.1, 0.15) is 5.76 Å². The van der Waals surface area contributed by atoms with Gasteiger partial charge < -0.3 is 4.74 Å². The van der Waals surface area contributed by atoms with Crippen LogP contribution >= 0.6 is 0 Å². The molecule has 1 aliphatic rings. The number of ether oxygens (including phenoxy) is 1. The fourth-order valence-electron chi connectivity index (χ4n) is 1.47. The van der Waals surface area contributed by atoms with Crippen molar-refractivity contribution in [3.63, 3.8) is 0 Å². The van der Waals surface area contributed by atoms with Crippen LogP contribution in [0.15, 0.2) is 11.3 Å². The smallest absolute Gasteiger partial charge is 0.167 e. The molecule has 2 nitrogen and oxygen atoms in total. The van der Waals surface area contributed by atoms with Crippen molar-refractivity contribution in [1.29, 1.82) is 0 Å². The summed E-state index contributed by atoms with van der Waals surface area (Å²) >= 11 is 0. The van der Waals surface area contributed by atoms with E-state index >= 15 is 0 Å². The molecule has 0 radical (unpaired) electrons. The van der Waals surface area contributed by atoms with Crippen molar-refractivity contribution in [2.75, 3.05) is 7.11 Å². The first-order chi connectivity index (χ1) is 4.99. The first-order valence-corrected chi connectivity index (χ1v) is 3.77. The molecule has 0 aromatic heterocycles. The normalized spacial score (nSPS) is 22.7. The summed E-state index contributed by atoms with van der Waals surface area (Å²) in [5, 5.41) is 0. The first kappa shape index (κ1) is 8.31. The van der Waals surface area contributed by atoms with Gasteiger partial charge >= 0.3 is 0 Å². The third kappa shape index (κ3) is 1.17. The van der Waals surface area contributed by atoms with E-state index in [4.69, 9.17) is 4.74 Å². The summed E-state index contributed by atoms with van der Waals surface area (Å²) < 4.78 is 5.09. The molecule has 1 aliphatic carbocycles. The molecule has 11 heavy (non-hydrogen) atoms. The third-order valence-electron chi connectivity index (χ3n) is 2.22. The number of hydrogen-bond acceptors (Lipinski definition) is 2. The molecular weight excluding hydrogens is 140 g/mol. The number of carbonyl (C=O) groups excluding carboxylic acids is 1. The fraction of sp³-hybridized carbons (Fsp3) is 0.667. The molecule has 0 aromatic carbocycles. The Hall–Kier alpha value is -0.790. The molecular formula is C9H14O2. The van der Waals surface area contributed by atoms with Gasteiger partial charge in [-0.3, -0.25) is 4.79 Å². The summed E-state index contributed by atoms with van der Waals surface area (Å²) in [4.78, 5) is 11.5. The van der Waals surface area contributed by atoms with E-state index in [1.165, 1.54) is 0 Å². The molecule has 0 N–H and O–H groups in total. The summed E-state index contributed by atoms with van der Waals surface area (Å²) in [7, 11) is 1.62. The zero-order chi connectivity index (χ0) is 8.65. The van der Waals surface area contributed by atoms with Crippen LogP contribution in [0.4, 0.5) is 0 Å². The van der Waals surface area contributed by atoms with Gasteiger partial charge in [0.25, 0.3) is 0 Å². The van der Waals surface area contributed by atoms with Crippen LogP contribution in [-0.2, 0) is 9.53 Å². The van der Waals surface area contributed by atoms with Gasteiger partial charge in [-0.2, -0.15) is 0 Å². The lowest BCUT2D eigenvalue weighted by Gasteiger charge is -2.14. The largest absolute Gasteiger partial charge is 0.501 e. The lowest BCUT2D eigenvalue weighted by atomic mass is 9.88. The second kappa shape index (κ2) is 2.36. The summed E-state index contributed by atoms with van der Waals surface area (Å²) in [6, 6.07) is 0. The van der Waals surface area contributed by atoms with Crippen molar-refractivity contribution >= 4 is 5.78 Å². The highest BCUT2D eigenvalue weighted by molar-refractivity contribution is 6.01. The molecule has 0 saturated heterocycles. The lowest BCUT2D eigenvalue weighted by molar-refractivity contribution is -0.122. The highest BCUT2D eigenvalue weighted by atomic mass is 16.5. The summed E-state index contributed by atoms with van der Waals surface area (Å²) in [5.41, 5.74) is 0.549. The van der Waals surface area contributed by atoms with Gasteiger partial charge in [0.05, 0.1) is 7.11 Å². The van der Waals surface area contributed by atoms with E-state index in [0.717, 1.165) is 17.8 Å². The second-order valence-corrected chi connectivity index (χ2v) is 3.64. The van der Waals surface area contributed by atoms with Crippen LogP contribution in [0.1, 0.15) is 27.2 Å². The van der Waals surface area contributed by atoms with E-state index in [-0.39, 0.29) is 11.2 Å². The average molecular weight is 154 g/mol. The minimum Gasteiger partial charge on any atom is -0.501 e. The van der Waals surface area contributed by atoms with Crippen molar-refractivity contribution in [1.82, 2.24) is 0 Å². The molecule has 62 valence electrons. The van der Waals surface area contributed by atoms with Crippen LogP contribution < -0.4 is 0 Å². The van der Waals surface area contributed by atoms with Crippen LogP contribution in [0.25, 0.3) is 0 Å². The number of carbonyl (C=O) groups is 1. The molecule has 0 aromatic rings. The predicted octanol–water partition coefficient (Wildman–Crippen LogP) is 1.91. The Morgan fingerprint density at radius 3 is 2.18 bits per heavy atom. The standard InChI is InChI=1S/C9H14O2/c1-6-7(11-4)5-9(2,3)8(6)10/h5H2,1-4H3. The van der Waals surface area contributed by atoms with E-state index in [1.807, 2.05) is 20.8 Å². The fourth-order valence-corrected chi connectivity index (χ4v) is 1.47. The van der Waals surface area contributed by atoms with E-state index in [1.54, 1.807) is 7.11 Å². The van der Waals surface area contributed by atoms with Crippen molar-refractivity contribution in [2.45, 2.75) is 27.2 Å². The third-order valence-corrected chi connectivity index (χ3v) is 2.22. The minimum atomic E-state index is -0.241. The highest BCUT2D eigenvalue weighted by Gasteiger charge is 2.38. The maximum absolute atomic E-state index is 11.5. The molecule has 2 heteroatoms. The zero-order valence-corrected chi connectivity index (χ0v) is 7.52. The SMILES string of the molecule is COC1=C(C)C(=O)C(C)(C)C1. The highest BCUT2D eigenvalue weighted by Crippen LogP contribution is 2.37. The van der Waals surface area contributed by atoms with Gasteiger partial charge in [-0.25, -0.2) is 0 Å². The van der Waals surface area contributed by atoms with Crippen LogP contribution in [0.3, 0.4) is 0 Å². The maximum atomic E-state index is 11.5. The molecule has 0 saturated carbocycles. The van der Waals surface area contributed by atoms with Crippen molar-refractivity contribution in [3.05, 3.63) is 11.3 Å². The molecule has 0 unspecified atom stereocenters. The molecule has 0 aliphatic heterocycles. The van der Waals surface area contributed by atoms with Crippen LogP contribution in [-0.4, -0.2) is 12.9 Å². The van der Waals surface area contributed by atoms with Crippen LogP contribution in [0, 0.1) is 5.41 Å². The molecule has 0 heterocycles. The first-order valence-electron chi connectivity index (χ1n) is 3.77. The van der Waals surface area contributed by atoms with Gasteiger partial charge in [0.15, 0.2) is 5.78 Å². The Morgan fingerprint density at radius 2 is 2.00 bits per heavy atom. The molecule has 0 atom stereocenters. The summed E-state index contributed by atoms with van der Waals surface area (Å²) in [6.45, 7) is 5.73. The number of hydrogen-bond donors (Lipinski definition) is 0. The average Bonchev–Trinajstić information content (AvgIpc) is 2.13. The van der Waals surface area contributed by atoms with E-state index in [2.05, 4.69) is 0 Å². The number of rotatable bonds is 1.